The molecule has 5 aromatic rings. The third-order valence-corrected chi connectivity index (χ3v) is 5.94. The Labute approximate surface area is 209 Å². The van der Waals surface area contributed by atoms with Gasteiger partial charge < -0.3 is 20.7 Å². The molecule has 5 rings (SSSR count). The minimum absolute atomic E-state index is 0.0859. The van der Waals surface area contributed by atoms with Crippen molar-refractivity contribution in [3.8, 4) is 17.3 Å². The Bertz CT molecular complexity index is 1630. The Morgan fingerprint density at radius 2 is 2.11 bits per heavy atom. The molecule has 0 spiro atoms. The number of nitrogens with zero attached hydrogens (tertiary/aromatic N) is 7. The summed E-state index contributed by atoms with van der Waals surface area (Å²) in [5.74, 6) is 1.51. The van der Waals surface area contributed by atoms with Gasteiger partial charge in [0, 0.05) is 12.3 Å². The van der Waals surface area contributed by atoms with Gasteiger partial charge >= 0.3 is 0 Å². The number of rotatable bonds is 7. The van der Waals surface area contributed by atoms with Crippen LogP contribution in [0, 0.1) is 6.92 Å². The first-order valence-electron chi connectivity index (χ1n) is 11.0. The third kappa shape index (κ3) is 4.16. The highest BCUT2D eigenvalue weighted by atomic mass is 35.5. The fraction of sp³-hybridized carbons (Fsp3) is 0.217. The largest absolute Gasteiger partial charge is 0.394 e. The number of aliphatic hydroxyl groups is 1. The van der Waals surface area contributed by atoms with Gasteiger partial charge in [0.2, 0.25) is 0 Å². The van der Waals surface area contributed by atoms with Crippen LogP contribution in [-0.4, -0.2) is 46.2 Å². The maximum absolute atomic E-state index is 13.7. The lowest BCUT2D eigenvalue weighted by molar-refractivity contribution is 0.269. The van der Waals surface area contributed by atoms with Crippen LogP contribution in [0.2, 0.25) is 5.02 Å². The average Bonchev–Trinajstić information content (AvgIpc) is 3.48. The average molecular weight is 508 g/mol. The van der Waals surface area contributed by atoms with Crippen LogP contribution in [-0.2, 0) is 6.54 Å². The highest BCUT2D eigenvalue weighted by Crippen LogP contribution is 2.32. The Kier molecular flexibility index (Phi) is 6.12. The highest BCUT2D eigenvalue weighted by Gasteiger charge is 2.23. The summed E-state index contributed by atoms with van der Waals surface area (Å²) in [4.78, 5) is 26.4. The lowest BCUT2D eigenvalue weighted by Crippen LogP contribution is -2.26. The van der Waals surface area contributed by atoms with Crippen LogP contribution in [0.1, 0.15) is 24.5 Å². The van der Waals surface area contributed by atoms with E-state index >= 15 is 0 Å². The van der Waals surface area contributed by atoms with Gasteiger partial charge in [0.25, 0.3) is 11.4 Å². The predicted octanol–water partition coefficient (Wildman–Crippen LogP) is 2.74. The number of halogens is 1. The van der Waals surface area contributed by atoms with E-state index in [1.165, 1.54) is 10.9 Å². The Morgan fingerprint density at radius 1 is 1.28 bits per heavy atom. The summed E-state index contributed by atoms with van der Waals surface area (Å²) >= 11 is 6.40. The number of pyridine rings is 1. The molecule has 0 unspecified atom stereocenters. The highest BCUT2D eigenvalue weighted by molar-refractivity contribution is 6.35. The molecule has 0 aliphatic rings. The van der Waals surface area contributed by atoms with Crippen LogP contribution in [0.3, 0.4) is 0 Å². The van der Waals surface area contributed by atoms with Gasteiger partial charge in [0.05, 0.1) is 35.3 Å². The van der Waals surface area contributed by atoms with E-state index in [2.05, 4.69) is 30.5 Å². The zero-order valence-electron chi connectivity index (χ0n) is 19.4. The molecule has 4 aromatic heterocycles. The maximum Gasteiger partial charge on any atom is 0.266 e. The third-order valence-electron chi connectivity index (χ3n) is 5.62. The summed E-state index contributed by atoms with van der Waals surface area (Å²) in [6.07, 6.45) is 3.01. The van der Waals surface area contributed by atoms with Crippen molar-refractivity contribution in [2.24, 2.45) is 0 Å². The van der Waals surface area contributed by atoms with Crippen molar-refractivity contribution in [1.29, 1.82) is 0 Å². The topological polar surface area (TPSA) is 163 Å². The summed E-state index contributed by atoms with van der Waals surface area (Å²) in [6.45, 7) is 3.77. The molecule has 1 atom stereocenters. The van der Waals surface area contributed by atoms with Gasteiger partial charge in [0.1, 0.15) is 23.5 Å². The van der Waals surface area contributed by atoms with E-state index in [0.717, 1.165) is 0 Å². The molecule has 0 amide bonds. The Balaban J connectivity index is 1.66. The molecule has 36 heavy (non-hydrogen) atoms. The monoisotopic (exact) mass is 507 g/mol. The summed E-state index contributed by atoms with van der Waals surface area (Å²) in [7, 11) is 0. The Morgan fingerprint density at radius 3 is 2.86 bits per heavy atom. The Hall–Kier alpha value is -4.29. The minimum Gasteiger partial charge on any atom is -0.394 e. The van der Waals surface area contributed by atoms with Crippen molar-refractivity contribution in [2.75, 3.05) is 17.7 Å². The van der Waals surface area contributed by atoms with Crippen molar-refractivity contribution in [3.63, 3.8) is 0 Å². The van der Waals surface area contributed by atoms with E-state index in [0.29, 0.717) is 51.1 Å². The van der Waals surface area contributed by atoms with Crippen LogP contribution in [0.25, 0.3) is 28.0 Å². The van der Waals surface area contributed by atoms with Crippen molar-refractivity contribution in [3.05, 3.63) is 69.8 Å². The predicted molar refractivity (Wildman–Crippen MR) is 134 cm³/mol. The number of aliphatic hydroxyl groups excluding tert-OH is 1. The molecule has 0 bridgehead atoms. The minimum atomic E-state index is -0.471. The second kappa shape index (κ2) is 9.40. The van der Waals surface area contributed by atoms with Crippen molar-refractivity contribution >= 4 is 34.0 Å². The molecule has 0 saturated carbocycles. The smallest absolute Gasteiger partial charge is 0.266 e. The normalized spacial score (nSPS) is 12.2. The van der Waals surface area contributed by atoms with Gasteiger partial charge in [-0.25, -0.2) is 9.97 Å². The van der Waals surface area contributed by atoms with E-state index in [1.807, 2.05) is 19.1 Å². The molecule has 4 N–H and O–H groups in total. The number of nitrogen functional groups attached to an aromatic ring is 1. The molecule has 12 nitrogen and oxygen atoms in total. The number of hydrogen-bond acceptors (Lipinski definition) is 10. The summed E-state index contributed by atoms with van der Waals surface area (Å²) in [6, 6.07) is 8.37. The molecular weight excluding hydrogens is 486 g/mol. The standard InChI is InChI=1S/C23H22ClN9O3/c1-12(28-21-19(20(25)26-11-27-21)22-29-13(2)31-36-22)16-10-14-4-3-5-15(24)18(14)23(35)33(16)17-6-7-32(30-17)8-9-34/h3-7,10-12,34H,8-9H2,1-2H3,(H3,25,26,27,28)/t12-/m0/s1. The SMILES string of the molecule is Cc1noc(-c2c(N)ncnc2N[C@@H](C)c2cc3cccc(Cl)c3c(=O)n2-c2ccn(CCO)n2)n1. The molecule has 4 heterocycles. The molecule has 184 valence electrons. The number of aryl methyl sites for hydroxylation is 1. The van der Waals surface area contributed by atoms with Gasteiger partial charge in [-0.2, -0.15) is 10.1 Å². The molecule has 1 aromatic carbocycles. The molecular formula is C23H22ClN9O3. The van der Waals surface area contributed by atoms with E-state index in [4.69, 9.17) is 21.9 Å². The van der Waals surface area contributed by atoms with E-state index < -0.39 is 6.04 Å². The van der Waals surface area contributed by atoms with Crippen molar-refractivity contribution < 1.29 is 9.63 Å². The number of benzene rings is 1. The van der Waals surface area contributed by atoms with Gasteiger partial charge in [0.15, 0.2) is 11.6 Å². The number of aromatic nitrogens is 7. The van der Waals surface area contributed by atoms with Gasteiger partial charge in [-0.3, -0.25) is 14.0 Å². The van der Waals surface area contributed by atoms with Crippen molar-refractivity contribution in [1.82, 2.24) is 34.5 Å². The lowest BCUT2D eigenvalue weighted by atomic mass is 10.1. The molecule has 13 heteroatoms. The van der Waals surface area contributed by atoms with E-state index in [1.54, 1.807) is 36.0 Å². The summed E-state index contributed by atoms with van der Waals surface area (Å²) in [5.41, 5.74) is 6.74. The van der Waals surface area contributed by atoms with Gasteiger partial charge in [-0.15, -0.1) is 0 Å². The molecule has 0 fully saturated rings. The molecule has 0 radical (unpaired) electrons. The van der Waals surface area contributed by atoms with Crippen LogP contribution < -0.4 is 16.6 Å². The number of fused-ring (bicyclic) bond motifs is 1. The van der Waals surface area contributed by atoms with Crippen molar-refractivity contribution in [2.45, 2.75) is 26.4 Å². The molecule has 0 saturated heterocycles. The van der Waals surface area contributed by atoms with Gasteiger partial charge in [-0.05, 0) is 31.4 Å². The lowest BCUT2D eigenvalue weighted by Gasteiger charge is -2.21. The zero-order chi connectivity index (χ0) is 25.4. The number of hydrogen-bond donors (Lipinski definition) is 3. The van der Waals surface area contributed by atoms with Gasteiger partial charge in [-0.1, -0.05) is 28.9 Å². The fourth-order valence-electron chi connectivity index (χ4n) is 3.99. The number of anilines is 2. The first kappa shape index (κ1) is 23.5. The van der Waals surface area contributed by atoms with Crippen LogP contribution >= 0.6 is 11.6 Å². The van der Waals surface area contributed by atoms with Crippen LogP contribution in [0.4, 0.5) is 11.6 Å². The van der Waals surface area contributed by atoms with Crippen LogP contribution in [0.15, 0.2) is 52.2 Å². The zero-order valence-corrected chi connectivity index (χ0v) is 20.1. The van der Waals surface area contributed by atoms with Crippen LogP contribution in [0.5, 0.6) is 0 Å². The first-order chi connectivity index (χ1) is 17.4. The first-order valence-corrected chi connectivity index (χ1v) is 11.4. The quantitative estimate of drug-likeness (QED) is 0.298. The fourth-order valence-corrected chi connectivity index (χ4v) is 4.25. The number of nitrogens with two attached hydrogens (primary N) is 1. The second-order valence-corrected chi connectivity index (χ2v) is 8.48. The maximum atomic E-state index is 13.7. The molecule has 0 aliphatic heterocycles. The van der Waals surface area contributed by atoms with E-state index in [-0.39, 0.29) is 23.9 Å². The summed E-state index contributed by atoms with van der Waals surface area (Å²) in [5, 5.41) is 22.3. The second-order valence-electron chi connectivity index (χ2n) is 8.07. The number of nitrogens with one attached hydrogen (secondary N) is 1. The molecule has 0 aliphatic carbocycles. The van der Waals surface area contributed by atoms with E-state index in [9.17, 15) is 9.90 Å². The summed E-state index contributed by atoms with van der Waals surface area (Å²) < 4.78 is 8.35.